The first kappa shape index (κ1) is 14.0. The van der Waals surface area contributed by atoms with Crippen molar-refractivity contribution in [2.24, 2.45) is 10.2 Å². The van der Waals surface area contributed by atoms with Gasteiger partial charge in [0.25, 0.3) is 0 Å². The summed E-state index contributed by atoms with van der Waals surface area (Å²) in [4.78, 5) is 2.02. The maximum absolute atomic E-state index is 5.41. The van der Waals surface area contributed by atoms with Gasteiger partial charge in [-0.1, -0.05) is 6.07 Å². The maximum Gasteiger partial charge on any atom is 0.211 e. The number of nitrogens with zero attached hydrogens (tertiary/aromatic N) is 3. The molecule has 0 atom stereocenters. The molecule has 4 nitrogen and oxygen atoms in total. The van der Waals surface area contributed by atoms with Crippen molar-refractivity contribution in [3.8, 4) is 0 Å². The SMILES string of the molecule is C/C(=N\N=c1/scc(C)n1Cc1ccco1)c1cccs1. The number of aryl methyl sites for hydroxylation is 1. The first-order valence-corrected chi connectivity index (χ1v) is 8.29. The molecule has 0 saturated carbocycles. The molecule has 0 aliphatic heterocycles. The number of thiazole rings is 1. The van der Waals surface area contributed by atoms with Gasteiger partial charge in [-0.15, -0.1) is 27.8 Å². The summed E-state index contributed by atoms with van der Waals surface area (Å²) in [6, 6.07) is 7.93. The predicted molar refractivity (Wildman–Crippen MR) is 86.9 cm³/mol. The van der Waals surface area contributed by atoms with Crippen LogP contribution in [-0.4, -0.2) is 10.3 Å². The van der Waals surface area contributed by atoms with E-state index in [2.05, 4.69) is 33.1 Å². The van der Waals surface area contributed by atoms with Gasteiger partial charge in [-0.05, 0) is 37.4 Å². The molecule has 3 aromatic heterocycles. The molecule has 0 unspecified atom stereocenters. The van der Waals surface area contributed by atoms with Gasteiger partial charge < -0.3 is 8.98 Å². The summed E-state index contributed by atoms with van der Waals surface area (Å²) >= 11 is 3.26. The Balaban J connectivity index is 1.92. The number of thiophene rings is 1. The third-order valence-corrected chi connectivity index (χ3v) is 5.00. The molecule has 0 aliphatic carbocycles. The Morgan fingerprint density at radius 1 is 1.29 bits per heavy atom. The van der Waals surface area contributed by atoms with Gasteiger partial charge in [0, 0.05) is 11.1 Å². The Bertz CT molecular complexity index is 792. The molecule has 3 rings (SSSR count). The van der Waals surface area contributed by atoms with E-state index < -0.39 is 0 Å². The Morgan fingerprint density at radius 2 is 2.19 bits per heavy atom. The Kier molecular flexibility index (Phi) is 4.17. The van der Waals surface area contributed by atoms with Crippen molar-refractivity contribution in [3.63, 3.8) is 0 Å². The monoisotopic (exact) mass is 317 g/mol. The number of aromatic nitrogens is 1. The molecule has 21 heavy (non-hydrogen) atoms. The smallest absolute Gasteiger partial charge is 0.211 e. The molecule has 0 amide bonds. The summed E-state index contributed by atoms with van der Waals surface area (Å²) in [5.74, 6) is 0.914. The fraction of sp³-hybridized carbons (Fsp3) is 0.200. The molecule has 0 spiro atoms. The lowest BCUT2D eigenvalue weighted by atomic mass is 10.3. The van der Waals surface area contributed by atoms with E-state index in [0.717, 1.165) is 26.8 Å². The fourth-order valence-electron chi connectivity index (χ4n) is 1.90. The second-order valence-electron chi connectivity index (χ2n) is 4.59. The highest BCUT2D eigenvalue weighted by atomic mass is 32.1. The fourth-order valence-corrected chi connectivity index (χ4v) is 3.40. The van der Waals surface area contributed by atoms with Crippen molar-refractivity contribution in [2.45, 2.75) is 20.4 Å². The van der Waals surface area contributed by atoms with E-state index in [1.165, 1.54) is 0 Å². The minimum absolute atomic E-state index is 0.675. The molecule has 0 N–H and O–H groups in total. The number of furan rings is 1. The molecular weight excluding hydrogens is 302 g/mol. The van der Waals surface area contributed by atoms with Crippen LogP contribution in [0.1, 0.15) is 23.3 Å². The van der Waals surface area contributed by atoms with E-state index in [0.29, 0.717) is 6.54 Å². The van der Waals surface area contributed by atoms with E-state index in [1.54, 1.807) is 28.9 Å². The van der Waals surface area contributed by atoms with Crippen LogP contribution >= 0.6 is 22.7 Å². The standard InChI is InChI=1S/C15H15N3OS2/c1-11-10-21-15(18(11)9-13-5-3-7-19-13)17-16-12(2)14-6-4-8-20-14/h3-8,10H,9H2,1-2H3/b16-12+,17-15-. The number of hydrogen-bond acceptors (Lipinski definition) is 5. The molecule has 0 radical (unpaired) electrons. The van der Waals surface area contributed by atoms with Gasteiger partial charge in [0.1, 0.15) is 5.76 Å². The average Bonchev–Trinajstić information content (AvgIpc) is 3.21. The highest BCUT2D eigenvalue weighted by molar-refractivity contribution is 7.12. The van der Waals surface area contributed by atoms with E-state index >= 15 is 0 Å². The minimum atomic E-state index is 0.675. The highest BCUT2D eigenvalue weighted by Gasteiger charge is 2.04. The van der Waals surface area contributed by atoms with Crippen molar-refractivity contribution in [2.75, 3.05) is 0 Å². The van der Waals surface area contributed by atoms with Crippen LogP contribution in [-0.2, 0) is 6.54 Å². The van der Waals surface area contributed by atoms with Crippen LogP contribution in [0.2, 0.25) is 0 Å². The zero-order valence-electron chi connectivity index (χ0n) is 11.8. The zero-order valence-corrected chi connectivity index (χ0v) is 13.4. The maximum atomic E-state index is 5.41. The molecule has 3 aromatic rings. The van der Waals surface area contributed by atoms with E-state index in [-0.39, 0.29) is 0 Å². The van der Waals surface area contributed by atoms with Crippen molar-refractivity contribution >= 4 is 28.4 Å². The molecule has 0 aromatic carbocycles. The summed E-state index contributed by atoms with van der Waals surface area (Å²) in [6.45, 7) is 4.72. The van der Waals surface area contributed by atoms with Crippen LogP contribution in [0.25, 0.3) is 0 Å². The molecular formula is C15H15N3OS2. The average molecular weight is 317 g/mol. The first-order chi connectivity index (χ1) is 10.2. The predicted octanol–water partition coefficient (Wildman–Crippen LogP) is 3.89. The van der Waals surface area contributed by atoms with Crippen LogP contribution in [0.15, 0.2) is 55.9 Å². The third-order valence-electron chi connectivity index (χ3n) is 3.05. The van der Waals surface area contributed by atoms with E-state index in [1.807, 2.05) is 30.5 Å². The van der Waals surface area contributed by atoms with Crippen molar-refractivity contribution in [1.29, 1.82) is 0 Å². The lowest BCUT2D eigenvalue weighted by molar-refractivity contribution is 0.488. The Hall–Kier alpha value is -1.92. The molecule has 0 bridgehead atoms. The van der Waals surface area contributed by atoms with Gasteiger partial charge in [-0.3, -0.25) is 0 Å². The molecule has 108 valence electrons. The van der Waals surface area contributed by atoms with Gasteiger partial charge in [-0.2, -0.15) is 5.10 Å². The van der Waals surface area contributed by atoms with Gasteiger partial charge >= 0.3 is 0 Å². The number of rotatable bonds is 4. The summed E-state index contributed by atoms with van der Waals surface area (Å²) in [5.41, 5.74) is 2.08. The summed E-state index contributed by atoms with van der Waals surface area (Å²) in [5, 5.41) is 12.9. The Morgan fingerprint density at radius 3 is 2.90 bits per heavy atom. The highest BCUT2D eigenvalue weighted by Crippen LogP contribution is 2.10. The summed E-state index contributed by atoms with van der Waals surface area (Å²) < 4.78 is 7.52. The molecule has 0 fully saturated rings. The molecule has 6 heteroatoms. The Labute approximate surface area is 130 Å². The first-order valence-electron chi connectivity index (χ1n) is 6.53. The van der Waals surface area contributed by atoms with Gasteiger partial charge in [-0.25, -0.2) is 0 Å². The zero-order chi connectivity index (χ0) is 14.7. The summed E-state index contributed by atoms with van der Waals surface area (Å²) in [7, 11) is 0. The number of hydrogen-bond donors (Lipinski definition) is 0. The molecule has 0 saturated heterocycles. The van der Waals surface area contributed by atoms with E-state index in [4.69, 9.17) is 4.42 Å². The quantitative estimate of drug-likeness (QED) is 0.532. The second-order valence-corrected chi connectivity index (χ2v) is 6.37. The van der Waals surface area contributed by atoms with Crippen LogP contribution in [0.4, 0.5) is 0 Å². The van der Waals surface area contributed by atoms with Gasteiger partial charge in [0.2, 0.25) is 4.80 Å². The normalized spacial score (nSPS) is 13.0. The van der Waals surface area contributed by atoms with Crippen LogP contribution in [0.3, 0.4) is 0 Å². The molecule has 0 aliphatic rings. The van der Waals surface area contributed by atoms with E-state index in [9.17, 15) is 0 Å². The van der Waals surface area contributed by atoms with Crippen LogP contribution in [0.5, 0.6) is 0 Å². The van der Waals surface area contributed by atoms with Gasteiger partial charge in [0.05, 0.1) is 23.4 Å². The van der Waals surface area contributed by atoms with Crippen molar-refractivity contribution in [3.05, 3.63) is 62.4 Å². The van der Waals surface area contributed by atoms with Crippen LogP contribution < -0.4 is 4.80 Å². The lowest BCUT2D eigenvalue weighted by Crippen LogP contribution is -2.16. The molecule has 3 heterocycles. The third kappa shape index (κ3) is 3.22. The topological polar surface area (TPSA) is 42.8 Å². The van der Waals surface area contributed by atoms with Crippen LogP contribution in [0, 0.1) is 6.92 Å². The lowest BCUT2D eigenvalue weighted by Gasteiger charge is -2.02. The summed E-state index contributed by atoms with van der Waals surface area (Å²) in [6.07, 6.45) is 1.69. The van der Waals surface area contributed by atoms with Crippen molar-refractivity contribution < 1.29 is 4.42 Å². The largest absolute Gasteiger partial charge is 0.467 e. The van der Waals surface area contributed by atoms with Crippen molar-refractivity contribution in [1.82, 2.24) is 4.57 Å². The second kappa shape index (κ2) is 6.24. The van der Waals surface area contributed by atoms with Gasteiger partial charge in [0.15, 0.2) is 0 Å². The minimum Gasteiger partial charge on any atom is -0.467 e.